The molecule has 1 saturated heterocycles. The number of anilines is 1. The summed E-state index contributed by atoms with van der Waals surface area (Å²) in [5, 5.41) is 3.06. The number of urea groups is 1. The number of Topliss-reactive ketones (excluding diaryl/α,β-unsaturated/α-hetero) is 1. The highest BCUT2D eigenvalue weighted by molar-refractivity contribution is 5.98. The maximum absolute atomic E-state index is 12.9. The smallest absolute Gasteiger partial charge is 0.321 e. The minimum atomic E-state index is -0.111. The molecule has 0 spiro atoms. The van der Waals surface area contributed by atoms with Crippen LogP contribution in [0.1, 0.15) is 28.8 Å². The molecular formula is C26H26N2O2. The van der Waals surface area contributed by atoms with Gasteiger partial charge in [-0.3, -0.25) is 4.79 Å². The maximum atomic E-state index is 12.9. The summed E-state index contributed by atoms with van der Waals surface area (Å²) in [7, 11) is 0. The lowest BCUT2D eigenvalue weighted by molar-refractivity contribution is 0.0859. The zero-order valence-electron chi connectivity index (χ0n) is 17.2. The summed E-state index contributed by atoms with van der Waals surface area (Å²) < 4.78 is 0. The molecule has 30 heavy (non-hydrogen) atoms. The first-order valence-corrected chi connectivity index (χ1v) is 10.4. The van der Waals surface area contributed by atoms with Gasteiger partial charge in [0.15, 0.2) is 5.78 Å². The fourth-order valence-corrected chi connectivity index (χ4v) is 3.95. The molecular weight excluding hydrogens is 372 g/mol. The number of nitrogens with zero attached hydrogens (tertiary/aromatic N) is 1. The molecule has 1 fully saturated rings. The fourth-order valence-electron chi connectivity index (χ4n) is 3.95. The van der Waals surface area contributed by atoms with E-state index in [4.69, 9.17) is 0 Å². The summed E-state index contributed by atoms with van der Waals surface area (Å²) in [6.07, 6.45) is 1.39. The molecule has 0 aromatic heterocycles. The maximum Gasteiger partial charge on any atom is 0.321 e. The Morgan fingerprint density at radius 2 is 1.47 bits per heavy atom. The number of piperidine rings is 1. The molecule has 0 saturated carbocycles. The Morgan fingerprint density at radius 3 is 2.17 bits per heavy atom. The minimum Gasteiger partial charge on any atom is -0.324 e. The van der Waals surface area contributed by atoms with Gasteiger partial charge < -0.3 is 10.2 Å². The summed E-state index contributed by atoms with van der Waals surface area (Å²) in [5.41, 5.74) is 4.77. The van der Waals surface area contributed by atoms with Crippen molar-refractivity contribution < 1.29 is 9.59 Å². The minimum absolute atomic E-state index is 0.0200. The number of hydrogen-bond donors (Lipinski definition) is 1. The molecule has 1 aliphatic heterocycles. The van der Waals surface area contributed by atoms with Crippen molar-refractivity contribution in [2.75, 3.05) is 18.4 Å². The lowest BCUT2D eigenvalue weighted by atomic mass is 9.89. The number of nitrogens with one attached hydrogen (secondary N) is 1. The number of likely N-dealkylation sites (tertiary alicyclic amines) is 1. The van der Waals surface area contributed by atoms with Gasteiger partial charge in [-0.2, -0.15) is 0 Å². The second-order valence-electron chi connectivity index (χ2n) is 7.83. The van der Waals surface area contributed by atoms with Crippen LogP contribution in [0.3, 0.4) is 0 Å². The third kappa shape index (κ3) is 4.43. The number of carbonyl (C=O) groups excluding carboxylic acids is 2. The van der Waals surface area contributed by atoms with E-state index in [0.717, 1.165) is 27.9 Å². The van der Waals surface area contributed by atoms with E-state index < -0.39 is 0 Å². The monoisotopic (exact) mass is 398 g/mol. The fraction of sp³-hybridized carbons (Fsp3) is 0.231. The number of rotatable bonds is 4. The lowest BCUT2D eigenvalue weighted by Crippen LogP contribution is -2.42. The van der Waals surface area contributed by atoms with Gasteiger partial charge in [-0.05, 0) is 31.4 Å². The van der Waals surface area contributed by atoms with Crippen LogP contribution >= 0.6 is 0 Å². The highest BCUT2D eigenvalue weighted by Crippen LogP contribution is 2.28. The van der Waals surface area contributed by atoms with Crippen LogP contribution in [0.15, 0.2) is 78.9 Å². The van der Waals surface area contributed by atoms with E-state index in [9.17, 15) is 9.59 Å². The van der Waals surface area contributed by atoms with Crippen LogP contribution in [-0.4, -0.2) is 29.8 Å². The topological polar surface area (TPSA) is 49.4 Å². The quantitative estimate of drug-likeness (QED) is 0.566. The van der Waals surface area contributed by atoms with Crippen molar-refractivity contribution in [3.05, 3.63) is 90.0 Å². The van der Waals surface area contributed by atoms with Crippen molar-refractivity contribution in [1.82, 2.24) is 4.90 Å². The zero-order valence-corrected chi connectivity index (χ0v) is 17.2. The van der Waals surface area contributed by atoms with Crippen LogP contribution in [0.4, 0.5) is 10.5 Å². The molecule has 2 amide bonds. The van der Waals surface area contributed by atoms with E-state index in [-0.39, 0.29) is 17.7 Å². The number of para-hydroxylation sites is 1. The normalized spacial score (nSPS) is 14.4. The third-order valence-corrected chi connectivity index (χ3v) is 5.74. The zero-order chi connectivity index (χ0) is 20.9. The Bertz CT molecular complexity index is 1020. The molecule has 152 valence electrons. The molecule has 4 heteroatoms. The number of hydrogen-bond acceptors (Lipinski definition) is 2. The molecule has 0 radical (unpaired) electrons. The van der Waals surface area contributed by atoms with Crippen molar-refractivity contribution in [1.29, 1.82) is 0 Å². The second-order valence-corrected chi connectivity index (χ2v) is 7.83. The SMILES string of the molecule is Cc1ccc(C(=O)C2CCN(C(=O)Nc3ccccc3-c3ccccc3)CC2)cc1. The van der Waals surface area contributed by atoms with E-state index in [1.165, 1.54) is 0 Å². The average molecular weight is 399 g/mol. The predicted octanol–water partition coefficient (Wildman–Crippen LogP) is 5.79. The molecule has 0 bridgehead atoms. The van der Waals surface area contributed by atoms with Crippen LogP contribution in [0.2, 0.25) is 0 Å². The first-order valence-electron chi connectivity index (χ1n) is 10.4. The van der Waals surface area contributed by atoms with Crippen molar-refractivity contribution in [3.63, 3.8) is 0 Å². The first kappa shape index (κ1) is 19.9. The van der Waals surface area contributed by atoms with Crippen LogP contribution in [-0.2, 0) is 0 Å². The van der Waals surface area contributed by atoms with E-state index in [1.807, 2.05) is 85.8 Å². The Balaban J connectivity index is 1.39. The van der Waals surface area contributed by atoms with Gasteiger partial charge in [0.2, 0.25) is 0 Å². The highest BCUT2D eigenvalue weighted by atomic mass is 16.2. The summed E-state index contributed by atoms with van der Waals surface area (Å²) in [6, 6.07) is 25.5. The molecule has 3 aromatic carbocycles. The summed E-state index contributed by atoms with van der Waals surface area (Å²) in [6.45, 7) is 3.19. The summed E-state index contributed by atoms with van der Waals surface area (Å²) in [5.74, 6) is 0.165. The number of amides is 2. The van der Waals surface area contributed by atoms with E-state index >= 15 is 0 Å². The number of aryl methyl sites for hydroxylation is 1. The number of carbonyl (C=O) groups is 2. The lowest BCUT2D eigenvalue weighted by Gasteiger charge is -2.31. The van der Waals surface area contributed by atoms with Gasteiger partial charge in [0, 0.05) is 30.1 Å². The van der Waals surface area contributed by atoms with Crippen LogP contribution in [0.25, 0.3) is 11.1 Å². The second kappa shape index (κ2) is 8.95. The van der Waals surface area contributed by atoms with Gasteiger partial charge in [0.25, 0.3) is 0 Å². The van der Waals surface area contributed by atoms with Gasteiger partial charge in [-0.15, -0.1) is 0 Å². The van der Waals surface area contributed by atoms with Crippen molar-refractivity contribution in [3.8, 4) is 11.1 Å². The number of benzene rings is 3. The Morgan fingerprint density at radius 1 is 0.833 bits per heavy atom. The summed E-state index contributed by atoms with van der Waals surface area (Å²) >= 11 is 0. The molecule has 0 atom stereocenters. The molecule has 1 heterocycles. The van der Waals surface area contributed by atoms with Gasteiger partial charge in [0.1, 0.15) is 0 Å². The predicted molar refractivity (Wildman–Crippen MR) is 121 cm³/mol. The Hall–Kier alpha value is -3.40. The molecule has 1 N–H and O–H groups in total. The van der Waals surface area contributed by atoms with Crippen molar-refractivity contribution in [2.45, 2.75) is 19.8 Å². The van der Waals surface area contributed by atoms with Gasteiger partial charge in [-0.1, -0.05) is 78.4 Å². The first-order chi connectivity index (χ1) is 14.6. The molecule has 4 nitrogen and oxygen atoms in total. The summed E-state index contributed by atoms with van der Waals surface area (Å²) in [4.78, 5) is 27.4. The average Bonchev–Trinajstić information content (AvgIpc) is 2.80. The molecule has 4 rings (SSSR count). The van der Waals surface area contributed by atoms with E-state index in [0.29, 0.717) is 25.9 Å². The largest absolute Gasteiger partial charge is 0.324 e. The van der Waals surface area contributed by atoms with Gasteiger partial charge in [-0.25, -0.2) is 4.79 Å². The van der Waals surface area contributed by atoms with Crippen LogP contribution in [0.5, 0.6) is 0 Å². The molecule has 0 unspecified atom stereocenters. The molecule has 3 aromatic rings. The molecule has 1 aliphatic rings. The Labute approximate surface area is 177 Å². The third-order valence-electron chi connectivity index (χ3n) is 5.74. The van der Waals surface area contributed by atoms with Crippen LogP contribution < -0.4 is 5.32 Å². The highest BCUT2D eigenvalue weighted by Gasteiger charge is 2.28. The standard InChI is InChI=1S/C26H26N2O2/c1-19-11-13-21(14-12-19)25(29)22-15-17-28(18-16-22)26(30)27-24-10-6-5-9-23(24)20-7-3-2-4-8-20/h2-14,22H,15-18H2,1H3,(H,27,30). The van der Waals surface area contributed by atoms with Crippen molar-refractivity contribution in [2.24, 2.45) is 5.92 Å². The molecule has 0 aliphatic carbocycles. The van der Waals surface area contributed by atoms with Gasteiger partial charge >= 0.3 is 6.03 Å². The van der Waals surface area contributed by atoms with Gasteiger partial charge in [0.05, 0.1) is 5.69 Å². The number of ketones is 1. The van der Waals surface area contributed by atoms with E-state index in [1.54, 1.807) is 4.90 Å². The van der Waals surface area contributed by atoms with Crippen molar-refractivity contribution >= 4 is 17.5 Å². The van der Waals surface area contributed by atoms with Crippen LogP contribution in [0, 0.1) is 12.8 Å². The Kier molecular flexibility index (Phi) is 5.94. The van der Waals surface area contributed by atoms with E-state index in [2.05, 4.69) is 5.32 Å².